The van der Waals surface area contributed by atoms with Gasteiger partial charge in [0.1, 0.15) is 18.0 Å². The predicted octanol–water partition coefficient (Wildman–Crippen LogP) is 3.13. The van der Waals surface area contributed by atoms with Gasteiger partial charge in [-0.15, -0.1) is 0 Å². The number of carbonyl (C=O) groups excluding carboxylic acids is 1. The molecule has 0 spiro atoms. The van der Waals surface area contributed by atoms with Crippen LogP contribution in [0.4, 0.5) is 15.9 Å². The summed E-state index contributed by atoms with van der Waals surface area (Å²) in [5, 5.41) is 12.0. The number of aromatic nitrogens is 2. The average Bonchev–Trinajstić information content (AvgIpc) is 3.09. The van der Waals surface area contributed by atoms with E-state index in [4.69, 9.17) is 21.5 Å². The van der Waals surface area contributed by atoms with Crippen molar-refractivity contribution in [3.63, 3.8) is 0 Å². The molecule has 26 heavy (non-hydrogen) atoms. The third kappa shape index (κ3) is 3.90. The maximum absolute atomic E-state index is 14.3. The molecule has 2 aromatic heterocycles. The minimum absolute atomic E-state index is 0.0682. The Kier molecular flexibility index (Phi) is 5.91. The van der Waals surface area contributed by atoms with Gasteiger partial charge in [0.2, 0.25) is 0 Å². The number of nitrogens with zero attached hydrogens (tertiary/aromatic N) is 2. The topological polar surface area (TPSA) is 87.9 Å². The van der Waals surface area contributed by atoms with E-state index in [0.29, 0.717) is 10.5 Å². The van der Waals surface area contributed by atoms with Gasteiger partial charge in [-0.25, -0.2) is 14.9 Å². The number of hydrogen-bond donors (Lipinski definition) is 3. The minimum atomic E-state index is -0.607. The van der Waals surface area contributed by atoms with Crippen molar-refractivity contribution in [2.75, 3.05) is 18.5 Å². The van der Waals surface area contributed by atoms with Crippen LogP contribution in [-0.4, -0.2) is 33.6 Å². The van der Waals surface area contributed by atoms with Gasteiger partial charge in [0, 0.05) is 3.57 Å². The number of amides is 1. The standard InChI is InChI=1S/C16H13ClFIN4O3/c17-11-6-10(16(25)22-26-4-3-24)15(23-8-20-7-14(11)23)21-13-2-1-9(19)5-12(13)18/h1-2,5-8,21,24H,3-4H2,(H,22,25). The fourth-order valence-electron chi connectivity index (χ4n) is 2.28. The molecule has 0 unspecified atom stereocenters. The van der Waals surface area contributed by atoms with Gasteiger partial charge in [-0.3, -0.25) is 14.0 Å². The zero-order valence-electron chi connectivity index (χ0n) is 13.2. The fourth-order valence-corrected chi connectivity index (χ4v) is 2.99. The normalized spacial score (nSPS) is 10.9. The van der Waals surface area contributed by atoms with E-state index in [1.54, 1.807) is 16.5 Å². The summed E-state index contributed by atoms with van der Waals surface area (Å²) in [5.74, 6) is -0.806. The van der Waals surface area contributed by atoms with Crippen LogP contribution in [0, 0.1) is 9.39 Å². The van der Waals surface area contributed by atoms with E-state index in [9.17, 15) is 9.18 Å². The van der Waals surface area contributed by atoms with Gasteiger partial charge in [0.25, 0.3) is 5.91 Å². The Bertz CT molecular complexity index is 966. The summed E-state index contributed by atoms with van der Waals surface area (Å²) in [4.78, 5) is 21.3. The van der Waals surface area contributed by atoms with Gasteiger partial charge in [-0.2, -0.15) is 0 Å². The summed E-state index contributed by atoms with van der Waals surface area (Å²) in [5.41, 5.74) is 3.07. The number of rotatable bonds is 6. The van der Waals surface area contributed by atoms with E-state index >= 15 is 0 Å². The monoisotopic (exact) mass is 490 g/mol. The van der Waals surface area contributed by atoms with Gasteiger partial charge in [0.15, 0.2) is 0 Å². The molecule has 3 aromatic rings. The fraction of sp³-hybridized carbons (Fsp3) is 0.125. The van der Waals surface area contributed by atoms with Gasteiger partial charge >= 0.3 is 0 Å². The smallest absolute Gasteiger partial charge is 0.278 e. The largest absolute Gasteiger partial charge is 0.394 e. The second-order valence-corrected chi connectivity index (χ2v) is 6.81. The molecular weight excluding hydrogens is 478 g/mol. The highest BCUT2D eigenvalue weighted by molar-refractivity contribution is 14.1. The second kappa shape index (κ2) is 8.16. The molecule has 3 N–H and O–H groups in total. The molecule has 136 valence electrons. The van der Waals surface area contributed by atoms with Crippen LogP contribution in [0.1, 0.15) is 10.4 Å². The Hall–Kier alpha value is -1.95. The number of pyridine rings is 1. The maximum Gasteiger partial charge on any atom is 0.278 e. The van der Waals surface area contributed by atoms with Crippen LogP contribution < -0.4 is 10.8 Å². The lowest BCUT2D eigenvalue weighted by atomic mass is 10.2. The highest BCUT2D eigenvalue weighted by Crippen LogP contribution is 2.29. The van der Waals surface area contributed by atoms with Crippen LogP contribution in [0.5, 0.6) is 0 Å². The van der Waals surface area contributed by atoms with Crippen molar-refractivity contribution in [1.29, 1.82) is 0 Å². The highest BCUT2D eigenvalue weighted by Gasteiger charge is 2.19. The number of aliphatic hydroxyl groups is 1. The molecule has 2 heterocycles. The Morgan fingerprint density at radius 3 is 2.96 bits per heavy atom. The van der Waals surface area contributed by atoms with E-state index in [0.717, 1.165) is 3.57 Å². The molecule has 0 aliphatic carbocycles. The molecule has 0 aliphatic rings. The number of nitrogens with one attached hydrogen (secondary N) is 2. The third-order valence-corrected chi connectivity index (χ3v) is 4.41. The summed E-state index contributed by atoms with van der Waals surface area (Å²) in [6.45, 7) is -0.318. The van der Waals surface area contributed by atoms with Gasteiger partial charge in [0.05, 0.1) is 41.2 Å². The quantitative estimate of drug-likeness (QED) is 0.281. The molecule has 10 heteroatoms. The predicted molar refractivity (Wildman–Crippen MR) is 103 cm³/mol. The number of aliphatic hydroxyl groups excluding tert-OH is 1. The van der Waals surface area contributed by atoms with Crippen molar-refractivity contribution >= 4 is 57.1 Å². The van der Waals surface area contributed by atoms with Crippen molar-refractivity contribution in [1.82, 2.24) is 14.9 Å². The number of imidazole rings is 1. The number of hydroxylamine groups is 1. The first-order valence-corrected chi connectivity index (χ1v) is 8.86. The van der Waals surface area contributed by atoms with Gasteiger partial charge in [-0.05, 0) is 46.9 Å². The van der Waals surface area contributed by atoms with Crippen molar-refractivity contribution in [3.8, 4) is 0 Å². The summed E-state index contributed by atoms with van der Waals surface area (Å²) in [6.07, 6.45) is 2.99. The number of hydrogen-bond acceptors (Lipinski definition) is 5. The third-order valence-electron chi connectivity index (χ3n) is 3.44. The first kappa shape index (κ1) is 18.8. The van der Waals surface area contributed by atoms with Crippen LogP contribution in [0.3, 0.4) is 0 Å². The van der Waals surface area contributed by atoms with Crippen LogP contribution in [0.15, 0.2) is 36.8 Å². The first-order chi connectivity index (χ1) is 12.5. The Labute approximate surface area is 166 Å². The number of benzene rings is 1. The van der Waals surface area contributed by atoms with E-state index in [1.165, 1.54) is 24.7 Å². The number of anilines is 2. The molecule has 0 bridgehead atoms. The van der Waals surface area contributed by atoms with Gasteiger partial charge in [-0.1, -0.05) is 11.6 Å². The lowest BCUT2D eigenvalue weighted by Gasteiger charge is -2.16. The number of fused-ring (bicyclic) bond motifs is 1. The maximum atomic E-state index is 14.3. The van der Waals surface area contributed by atoms with Crippen LogP contribution in [0.2, 0.25) is 5.02 Å². The van der Waals surface area contributed by atoms with E-state index in [2.05, 4.69) is 15.8 Å². The molecule has 0 fully saturated rings. The van der Waals surface area contributed by atoms with Crippen LogP contribution in [0.25, 0.3) is 5.52 Å². The molecule has 0 aliphatic heterocycles. The number of halogens is 3. The minimum Gasteiger partial charge on any atom is -0.394 e. The Balaban J connectivity index is 2.06. The van der Waals surface area contributed by atoms with Crippen molar-refractivity contribution in [2.45, 2.75) is 0 Å². The molecule has 1 aromatic carbocycles. The molecule has 1 amide bonds. The van der Waals surface area contributed by atoms with Crippen LogP contribution in [-0.2, 0) is 4.84 Å². The van der Waals surface area contributed by atoms with E-state index in [-0.39, 0.29) is 30.3 Å². The first-order valence-electron chi connectivity index (χ1n) is 7.41. The second-order valence-electron chi connectivity index (χ2n) is 5.16. The average molecular weight is 491 g/mol. The Morgan fingerprint density at radius 2 is 2.23 bits per heavy atom. The van der Waals surface area contributed by atoms with E-state index < -0.39 is 11.7 Å². The Morgan fingerprint density at radius 1 is 1.42 bits per heavy atom. The summed E-state index contributed by atoms with van der Waals surface area (Å²) in [6, 6.07) is 6.10. The lowest BCUT2D eigenvalue weighted by molar-refractivity contribution is 0.0168. The van der Waals surface area contributed by atoms with Crippen molar-refractivity contribution in [3.05, 3.63) is 56.8 Å². The highest BCUT2D eigenvalue weighted by atomic mass is 127. The molecule has 0 atom stereocenters. The van der Waals surface area contributed by atoms with Crippen molar-refractivity contribution < 1.29 is 19.1 Å². The SMILES string of the molecule is O=C(NOCCO)c1cc(Cl)c2cncn2c1Nc1ccc(I)cc1F. The van der Waals surface area contributed by atoms with E-state index in [1.807, 2.05) is 22.6 Å². The van der Waals surface area contributed by atoms with Gasteiger partial charge < -0.3 is 10.4 Å². The summed E-state index contributed by atoms with van der Waals surface area (Å²) >= 11 is 8.22. The summed E-state index contributed by atoms with van der Waals surface area (Å²) in [7, 11) is 0. The molecule has 3 rings (SSSR count). The zero-order valence-corrected chi connectivity index (χ0v) is 16.1. The molecular formula is C16H13ClFIN4O3. The molecule has 7 nitrogen and oxygen atoms in total. The lowest BCUT2D eigenvalue weighted by Crippen LogP contribution is -2.26. The zero-order chi connectivity index (χ0) is 18.7. The van der Waals surface area contributed by atoms with Crippen molar-refractivity contribution in [2.24, 2.45) is 0 Å². The molecule has 0 saturated heterocycles. The number of carbonyl (C=O) groups is 1. The summed E-state index contributed by atoms with van der Waals surface area (Å²) < 4.78 is 16.5. The molecule has 0 saturated carbocycles. The van der Waals surface area contributed by atoms with Crippen LogP contribution >= 0.6 is 34.2 Å². The molecule has 0 radical (unpaired) electrons.